The average molecular weight is 575 g/mol. The number of imidazole rings is 1. The number of benzene rings is 2. The lowest BCUT2D eigenvalue weighted by molar-refractivity contribution is -0.138. The summed E-state index contributed by atoms with van der Waals surface area (Å²) < 4.78 is 51.3. The van der Waals surface area contributed by atoms with Crippen molar-refractivity contribution >= 4 is 5.91 Å². The van der Waals surface area contributed by atoms with Crippen molar-refractivity contribution in [2.75, 3.05) is 60.2 Å². The monoisotopic (exact) mass is 574 g/mol. The third-order valence-corrected chi connectivity index (χ3v) is 6.86. The van der Waals surface area contributed by atoms with Gasteiger partial charge in [0.15, 0.2) is 23.1 Å². The predicted molar refractivity (Wildman–Crippen MR) is 146 cm³/mol. The van der Waals surface area contributed by atoms with E-state index < -0.39 is 17.2 Å². The number of methoxy groups -OCH3 is 2. The Balaban J connectivity index is 1.47. The topological polar surface area (TPSA) is 98.5 Å². The van der Waals surface area contributed by atoms with Crippen LogP contribution in [0, 0.1) is 18.6 Å². The molecule has 1 saturated heterocycles. The molecule has 1 N–H and O–H groups in total. The first kappa shape index (κ1) is 30.2. The van der Waals surface area contributed by atoms with E-state index in [-0.39, 0.29) is 38.0 Å². The number of hydrogen-bond donors (Lipinski definition) is 1. The highest BCUT2D eigenvalue weighted by atomic mass is 19.2. The molecule has 0 saturated carbocycles. The van der Waals surface area contributed by atoms with E-state index in [1.807, 2.05) is 40.8 Å². The molecule has 1 fully saturated rings. The molecule has 0 radical (unpaired) electrons. The number of nitrogens with zero attached hydrogens (tertiary/aromatic N) is 4. The highest BCUT2D eigenvalue weighted by Gasteiger charge is 2.37. The number of carbonyl (C=O) groups is 1. The van der Waals surface area contributed by atoms with E-state index in [0.717, 1.165) is 23.5 Å². The Hall–Kier alpha value is -3.74. The predicted octanol–water partition coefficient (Wildman–Crippen LogP) is 2.66. The molecule has 12 heteroatoms. The van der Waals surface area contributed by atoms with Gasteiger partial charge < -0.3 is 33.5 Å². The van der Waals surface area contributed by atoms with Crippen molar-refractivity contribution in [3.05, 3.63) is 71.8 Å². The van der Waals surface area contributed by atoms with Gasteiger partial charge in [-0.25, -0.2) is 13.8 Å². The third kappa shape index (κ3) is 8.15. The summed E-state index contributed by atoms with van der Waals surface area (Å²) in [5, 5.41) is 11.6. The minimum absolute atomic E-state index is 0.0139. The van der Waals surface area contributed by atoms with E-state index in [4.69, 9.17) is 18.9 Å². The molecule has 1 atom stereocenters. The molecule has 1 aliphatic rings. The van der Waals surface area contributed by atoms with E-state index in [9.17, 15) is 18.7 Å². The SMILES string of the molecule is COCC(=O)N1CCN(Cc2ccc(OC)c(OCCn3ccnc3C)c2)CC(O)(COc2ccc(F)c(F)c2)C1. The number of carbonyl (C=O) groups excluding carboxylic acids is 1. The van der Waals surface area contributed by atoms with Crippen molar-refractivity contribution in [1.29, 1.82) is 0 Å². The summed E-state index contributed by atoms with van der Waals surface area (Å²) in [4.78, 5) is 20.4. The first-order chi connectivity index (χ1) is 19.7. The van der Waals surface area contributed by atoms with Gasteiger partial charge in [0.05, 0.1) is 20.2 Å². The van der Waals surface area contributed by atoms with Gasteiger partial charge in [-0.3, -0.25) is 9.69 Å². The minimum atomic E-state index is -1.50. The number of β-amino-alcohol motifs (C(OH)–C–C–N with tert-alkyl or cyclic N) is 1. The van der Waals surface area contributed by atoms with Gasteiger partial charge in [0.2, 0.25) is 5.91 Å². The Kier molecular flexibility index (Phi) is 10.1. The molecule has 1 aromatic heterocycles. The van der Waals surface area contributed by atoms with Crippen LogP contribution >= 0.6 is 0 Å². The van der Waals surface area contributed by atoms with Crippen molar-refractivity contribution < 1.29 is 37.6 Å². The summed E-state index contributed by atoms with van der Waals surface area (Å²) >= 11 is 0. The summed E-state index contributed by atoms with van der Waals surface area (Å²) in [7, 11) is 3.01. The number of aryl methyl sites for hydroxylation is 1. The largest absolute Gasteiger partial charge is 0.493 e. The van der Waals surface area contributed by atoms with Crippen LogP contribution in [0.4, 0.5) is 8.78 Å². The van der Waals surface area contributed by atoms with Crippen molar-refractivity contribution in [3.8, 4) is 17.2 Å². The van der Waals surface area contributed by atoms with Crippen molar-refractivity contribution in [2.45, 2.75) is 25.6 Å². The van der Waals surface area contributed by atoms with Crippen molar-refractivity contribution in [2.24, 2.45) is 0 Å². The number of aromatic nitrogens is 2. The number of halogens is 2. The Bertz CT molecular complexity index is 1320. The van der Waals surface area contributed by atoms with Gasteiger partial charge in [-0.15, -0.1) is 0 Å². The summed E-state index contributed by atoms with van der Waals surface area (Å²) in [6.07, 6.45) is 3.63. The Morgan fingerprint density at radius 2 is 1.88 bits per heavy atom. The van der Waals surface area contributed by atoms with E-state index in [0.29, 0.717) is 44.3 Å². The fourth-order valence-electron chi connectivity index (χ4n) is 4.76. The third-order valence-electron chi connectivity index (χ3n) is 6.86. The van der Waals surface area contributed by atoms with Gasteiger partial charge in [-0.2, -0.15) is 0 Å². The van der Waals surface area contributed by atoms with Crippen LogP contribution in [0.5, 0.6) is 17.2 Å². The second kappa shape index (κ2) is 13.7. The Morgan fingerprint density at radius 1 is 1.05 bits per heavy atom. The second-order valence-electron chi connectivity index (χ2n) is 10.0. The molecular weight excluding hydrogens is 538 g/mol. The quantitative estimate of drug-likeness (QED) is 0.353. The molecule has 2 heterocycles. The maximum Gasteiger partial charge on any atom is 0.248 e. The summed E-state index contributed by atoms with van der Waals surface area (Å²) in [5.74, 6) is -0.153. The van der Waals surface area contributed by atoms with Crippen LogP contribution in [0.25, 0.3) is 0 Å². The van der Waals surface area contributed by atoms with Crippen LogP contribution in [-0.4, -0.2) is 96.2 Å². The zero-order chi connectivity index (χ0) is 29.4. The second-order valence-corrected chi connectivity index (χ2v) is 10.0. The maximum atomic E-state index is 13.7. The van der Waals surface area contributed by atoms with Crippen LogP contribution in [0.1, 0.15) is 11.4 Å². The minimum Gasteiger partial charge on any atom is -0.493 e. The van der Waals surface area contributed by atoms with Gasteiger partial charge in [0.1, 0.15) is 37.0 Å². The first-order valence-corrected chi connectivity index (χ1v) is 13.3. The number of aliphatic hydroxyl groups is 1. The van der Waals surface area contributed by atoms with E-state index in [2.05, 4.69) is 4.98 Å². The van der Waals surface area contributed by atoms with Crippen LogP contribution < -0.4 is 14.2 Å². The lowest BCUT2D eigenvalue weighted by Gasteiger charge is -2.33. The molecule has 0 bridgehead atoms. The molecule has 4 rings (SSSR count). The number of ether oxygens (including phenoxy) is 4. The molecular formula is C29H36F2N4O6. The summed E-state index contributed by atoms with van der Waals surface area (Å²) in [6.45, 7) is 4.03. The van der Waals surface area contributed by atoms with Gasteiger partial charge in [0.25, 0.3) is 0 Å². The van der Waals surface area contributed by atoms with Crippen LogP contribution in [0.2, 0.25) is 0 Å². The lowest BCUT2D eigenvalue weighted by Crippen LogP contribution is -2.52. The van der Waals surface area contributed by atoms with E-state index >= 15 is 0 Å². The zero-order valence-corrected chi connectivity index (χ0v) is 23.5. The molecule has 222 valence electrons. The molecule has 1 amide bonds. The van der Waals surface area contributed by atoms with Crippen molar-refractivity contribution in [1.82, 2.24) is 19.4 Å². The van der Waals surface area contributed by atoms with Crippen LogP contribution in [0.3, 0.4) is 0 Å². The van der Waals surface area contributed by atoms with Gasteiger partial charge in [-0.1, -0.05) is 6.07 Å². The van der Waals surface area contributed by atoms with E-state index in [1.54, 1.807) is 13.3 Å². The van der Waals surface area contributed by atoms with Crippen molar-refractivity contribution in [3.63, 3.8) is 0 Å². The van der Waals surface area contributed by atoms with Gasteiger partial charge >= 0.3 is 0 Å². The fraction of sp³-hybridized carbons (Fsp3) is 0.448. The lowest BCUT2D eigenvalue weighted by atomic mass is 10.0. The van der Waals surface area contributed by atoms with Gasteiger partial charge in [-0.05, 0) is 36.8 Å². The van der Waals surface area contributed by atoms with Crippen LogP contribution in [-0.2, 0) is 22.6 Å². The number of hydrogen-bond acceptors (Lipinski definition) is 8. The van der Waals surface area contributed by atoms with Gasteiger partial charge in [0, 0.05) is 51.7 Å². The number of rotatable bonds is 12. The molecule has 2 aromatic carbocycles. The molecule has 0 spiro atoms. The number of amides is 1. The van der Waals surface area contributed by atoms with E-state index in [1.165, 1.54) is 18.1 Å². The molecule has 1 unspecified atom stereocenters. The molecule has 3 aromatic rings. The highest BCUT2D eigenvalue weighted by Crippen LogP contribution is 2.29. The highest BCUT2D eigenvalue weighted by molar-refractivity contribution is 5.77. The normalized spacial score (nSPS) is 17.8. The summed E-state index contributed by atoms with van der Waals surface area (Å²) in [6, 6.07) is 8.82. The maximum absolute atomic E-state index is 13.7. The first-order valence-electron chi connectivity index (χ1n) is 13.3. The standard InChI is InChI=1S/C29H36F2N4O6/c1-21-32-8-9-34(21)12-13-40-27-14-22(4-7-26(27)39-3)16-33-10-11-35(28(36)17-38-2)19-29(37,18-33)20-41-23-5-6-24(30)25(31)15-23/h4-9,14-15,37H,10-13,16-20H2,1-3H3. The fourth-order valence-corrected chi connectivity index (χ4v) is 4.76. The molecule has 0 aliphatic carbocycles. The molecule has 1 aliphatic heterocycles. The Morgan fingerprint density at radius 3 is 2.59 bits per heavy atom. The average Bonchev–Trinajstić information content (AvgIpc) is 3.27. The zero-order valence-electron chi connectivity index (χ0n) is 23.5. The summed E-state index contributed by atoms with van der Waals surface area (Å²) in [5.41, 5.74) is -0.584. The smallest absolute Gasteiger partial charge is 0.248 e. The Labute approximate surface area is 238 Å². The molecule has 41 heavy (non-hydrogen) atoms. The molecule has 10 nitrogen and oxygen atoms in total. The van der Waals surface area contributed by atoms with Crippen LogP contribution in [0.15, 0.2) is 48.8 Å².